The van der Waals surface area contributed by atoms with Gasteiger partial charge in [0.2, 0.25) is 0 Å². The van der Waals surface area contributed by atoms with Crippen LogP contribution in [0.3, 0.4) is 0 Å². The van der Waals surface area contributed by atoms with Crippen molar-refractivity contribution < 1.29 is 69.5 Å². The van der Waals surface area contributed by atoms with Gasteiger partial charge >= 0.3 is 51.4 Å². The predicted octanol–water partition coefficient (Wildman–Crippen LogP) is 3.72. The van der Waals surface area contributed by atoms with E-state index in [-0.39, 0.29) is 57.5 Å². The minimum Gasteiger partial charge on any atom is -0.748 e. The van der Waals surface area contributed by atoms with Crippen LogP contribution >= 0.6 is 0 Å². The monoisotopic (exact) mass is 458 g/mol. The van der Waals surface area contributed by atoms with Crippen molar-refractivity contribution >= 4 is 10.1 Å². The average Bonchev–Trinajstić information content (AvgIpc) is 2.64. The zero-order chi connectivity index (χ0) is 21.1. The van der Waals surface area contributed by atoms with Crippen molar-refractivity contribution in [2.45, 2.75) is 147 Å². The average molecular weight is 459 g/mol. The Morgan fingerprint density at radius 1 is 0.621 bits per heavy atom. The normalized spacial score (nSPS) is 13.8. The van der Waals surface area contributed by atoms with E-state index in [1.807, 2.05) is 6.92 Å². The number of rotatable bonds is 21. The topological polar surface area (TPSA) is 77.4 Å². The van der Waals surface area contributed by atoms with Gasteiger partial charge in [0.05, 0.1) is 16.2 Å². The first-order valence-corrected chi connectivity index (χ1v) is 13.5. The molecule has 4 nitrogen and oxygen atoms in total. The third-order valence-corrected chi connectivity index (χ3v) is 7.01. The second-order valence-electron chi connectivity index (χ2n) is 8.52. The first-order valence-electron chi connectivity index (χ1n) is 12.0. The quantitative estimate of drug-likeness (QED) is 0.162. The van der Waals surface area contributed by atoms with E-state index in [0.29, 0.717) is 12.8 Å². The van der Waals surface area contributed by atoms with Gasteiger partial charge in [-0.3, -0.25) is 0 Å². The third kappa shape index (κ3) is 22.5. The molecule has 0 saturated carbocycles. The molecule has 0 aromatic rings. The molecule has 6 heteroatoms. The standard InChI is InChI=1S/C23H48O4S.K/c1-3-5-6-7-8-9-10-11-12-15-19-22(24)20-16-13-14-17-21-23(18-4-2)28(25,26)27;/h22-24H,3-21H2,1-2H3,(H,25,26,27);/q;+1/p-1. The van der Waals surface area contributed by atoms with E-state index in [9.17, 15) is 18.1 Å². The van der Waals surface area contributed by atoms with Gasteiger partial charge in [-0.05, 0) is 25.7 Å². The molecule has 0 radical (unpaired) electrons. The van der Waals surface area contributed by atoms with Crippen molar-refractivity contribution in [2.24, 2.45) is 0 Å². The van der Waals surface area contributed by atoms with Crippen LogP contribution in [-0.2, 0) is 10.1 Å². The van der Waals surface area contributed by atoms with Gasteiger partial charge in [0, 0.05) is 5.25 Å². The first-order chi connectivity index (χ1) is 13.4. The van der Waals surface area contributed by atoms with Gasteiger partial charge in [0.15, 0.2) is 0 Å². The molecule has 0 aliphatic heterocycles. The minimum atomic E-state index is -4.15. The van der Waals surface area contributed by atoms with E-state index in [1.54, 1.807) is 0 Å². The summed E-state index contributed by atoms with van der Waals surface area (Å²) >= 11 is 0. The molecule has 2 atom stereocenters. The molecular weight excluding hydrogens is 411 g/mol. The number of unbranched alkanes of at least 4 members (excludes halogenated alkanes) is 12. The summed E-state index contributed by atoms with van der Waals surface area (Å²) in [6.07, 6.45) is 20.2. The van der Waals surface area contributed by atoms with Crippen LogP contribution in [0.2, 0.25) is 0 Å². The second kappa shape index (κ2) is 22.7. The summed E-state index contributed by atoms with van der Waals surface area (Å²) in [5.41, 5.74) is 0. The Labute approximate surface area is 224 Å². The Hall–Kier alpha value is 1.51. The molecule has 0 heterocycles. The molecular formula is C23H47KO4S. The van der Waals surface area contributed by atoms with E-state index >= 15 is 0 Å². The van der Waals surface area contributed by atoms with Crippen molar-refractivity contribution in [1.82, 2.24) is 0 Å². The molecule has 0 bridgehead atoms. The first kappa shape index (κ1) is 32.7. The van der Waals surface area contributed by atoms with Crippen LogP contribution in [0.1, 0.15) is 136 Å². The molecule has 1 N–H and O–H groups in total. The molecule has 0 aromatic carbocycles. The maximum Gasteiger partial charge on any atom is 1.00 e. The van der Waals surface area contributed by atoms with E-state index in [4.69, 9.17) is 0 Å². The van der Waals surface area contributed by atoms with E-state index < -0.39 is 15.4 Å². The van der Waals surface area contributed by atoms with Gasteiger partial charge in [-0.15, -0.1) is 0 Å². The molecule has 29 heavy (non-hydrogen) atoms. The summed E-state index contributed by atoms with van der Waals surface area (Å²) in [6, 6.07) is 0. The molecule has 2 unspecified atom stereocenters. The summed E-state index contributed by atoms with van der Waals surface area (Å²) in [5.74, 6) is 0. The largest absolute Gasteiger partial charge is 1.00 e. The number of hydrogen-bond acceptors (Lipinski definition) is 4. The van der Waals surface area contributed by atoms with Crippen LogP contribution in [0.15, 0.2) is 0 Å². The fourth-order valence-corrected chi connectivity index (χ4v) is 4.85. The van der Waals surface area contributed by atoms with Gasteiger partial charge in [0.25, 0.3) is 0 Å². The van der Waals surface area contributed by atoms with Crippen LogP contribution in [0.25, 0.3) is 0 Å². The van der Waals surface area contributed by atoms with Crippen molar-refractivity contribution in [2.75, 3.05) is 0 Å². The zero-order valence-electron chi connectivity index (χ0n) is 19.7. The maximum atomic E-state index is 11.2. The number of aliphatic hydroxyl groups is 1. The molecule has 0 amide bonds. The number of hydrogen-bond donors (Lipinski definition) is 1. The van der Waals surface area contributed by atoms with Crippen molar-refractivity contribution in [1.29, 1.82) is 0 Å². The van der Waals surface area contributed by atoms with Gasteiger partial charge < -0.3 is 9.66 Å². The summed E-state index contributed by atoms with van der Waals surface area (Å²) in [6.45, 7) is 4.16. The Balaban J connectivity index is 0. The van der Waals surface area contributed by atoms with Crippen LogP contribution in [0.4, 0.5) is 0 Å². The molecule has 0 aliphatic rings. The molecule has 0 aliphatic carbocycles. The van der Waals surface area contributed by atoms with Gasteiger partial charge in [0.1, 0.15) is 0 Å². The second-order valence-corrected chi connectivity index (χ2v) is 10.2. The minimum absolute atomic E-state index is 0. The summed E-state index contributed by atoms with van der Waals surface area (Å²) < 4.78 is 33.5. The fraction of sp³-hybridized carbons (Fsp3) is 1.00. The SMILES string of the molecule is CCCCCCCCCCCCC(O)CCCCCCC(CCC)S(=O)(=O)[O-].[K+]. The Kier molecular flexibility index (Phi) is 25.6. The summed E-state index contributed by atoms with van der Waals surface area (Å²) in [4.78, 5) is 0. The van der Waals surface area contributed by atoms with E-state index in [1.165, 1.54) is 57.8 Å². The van der Waals surface area contributed by atoms with Gasteiger partial charge in [-0.25, -0.2) is 8.42 Å². The van der Waals surface area contributed by atoms with Crippen LogP contribution < -0.4 is 51.4 Å². The molecule has 0 spiro atoms. The van der Waals surface area contributed by atoms with Crippen molar-refractivity contribution in [3.63, 3.8) is 0 Å². The molecule has 0 fully saturated rings. The Morgan fingerprint density at radius 2 is 1.00 bits per heavy atom. The summed E-state index contributed by atoms with van der Waals surface area (Å²) in [5, 5.41) is 9.36. The number of aliphatic hydroxyl groups excluding tert-OH is 1. The molecule has 0 rings (SSSR count). The smallest absolute Gasteiger partial charge is 0.748 e. The molecule has 0 aromatic heterocycles. The Bertz CT molecular complexity index is 429. The van der Waals surface area contributed by atoms with E-state index in [0.717, 1.165) is 51.4 Å². The maximum absolute atomic E-state index is 11.2. The molecule has 0 saturated heterocycles. The third-order valence-electron chi connectivity index (χ3n) is 5.72. The summed E-state index contributed by atoms with van der Waals surface area (Å²) in [7, 11) is -4.15. The van der Waals surface area contributed by atoms with Crippen LogP contribution in [-0.4, -0.2) is 29.4 Å². The van der Waals surface area contributed by atoms with Gasteiger partial charge in [-0.2, -0.15) is 0 Å². The fourth-order valence-electron chi connectivity index (χ4n) is 3.87. The Morgan fingerprint density at radius 3 is 1.38 bits per heavy atom. The van der Waals surface area contributed by atoms with Crippen LogP contribution in [0.5, 0.6) is 0 Å². The van der Waals surface area contributed by atoms with Crippen molar-refractivity contribution in [3.05, 3.63) is 0 Å². The van der Waals surface area contributed by atoms with Crippen LogP contribution in [0, 0.1) is 0 Å². The van der Waals surface area contributed by atoms with Crippen molar-refractivity contribution in [3.8, 4) is 0 Å². The zero-order valence-corrected chi connectivity index (χ0v) is 23.6. The van der Waals surface area contributed by atoms with E-state index in [2.05, 4.69) is 6.92 Å². The van der Waals surface area contributed by atoms with Gasteiger partial charge in [-0.1, -0.05) is 110 Å². The molecule has 170 valence electrons. The predicted molar refractivity (Wildman–Crippen MR) is 119 cm³/mol.